The molecule has 0 bridgehead atoms. The highest BCUT2D eigenvalue weighted by atomic mass is 35.5. The Hall–Kier alpha value is -2.17. The number of aromatic nitrogens is 1. The quantitative estimate of drug-likeness (QED) is 0.758. The number of hydrogen-bond donors (Lipinski definition) is 1. The molecule has 0 atom stereocenters. The number of nitrogens with zero attached hydrogens (tertiary/aromatic N) is 1. The molecule has 0 aliphatic rings. The molecular formula is C17H13ClN2OS. The number of benzene rings is 2. The summed E-state index contributed by atoms with van der Waals surface area (Å²) in [4.78, 5) is 17.5. The molecule has 110 valence electrons. The van der Waals surface area contributed by atoms with Crippen molar-refractivity contribution in [2.45, 2.75) is 6.42 Å². The molecule has 0 saturated heterocycles. The first-order chi connectivity index (χ1) is 10.7. The van der Waals surface area contributed by atoms with Gasteiger partial charge in [-0.1, -0.05) is 54.1 Å². The number of halogens is 1. The van der Waals surface area contributed by atoms with E-state index in [9.17, 15) is 4.79 Å². The van der Waals surface area contributed by atoms with E-state index in [2.05, 4.69) is 22.4 Å². The topological polar surface area (TPSA) is 42.0 Å². The van der Waals surface area contributed by atoms with Crippen LogP contribution in [0.5, 0.6) is 0 Å². The standard InChI is InChI=1S/C17H13ClN2OS/c18-15-9-5-4-8-14(15)16(21)20-17-19-11-13(22-17)10-12-6-2-1-3-7-12/h1-9,11H,10H2,(H,19,20,21). The minimum absolute atomic E-state index is 0.244. The minimum atomic E-state index is -0.244. The van der Waals surface area contributed by atoms with E-state index in [1.165, 1.54) is 16.9 Å². The van der Waals surface area contributed by atoms with Gasteiger partial charge < -0.3 is 0 Å². The molecule has 0 aliphatic heterocycles. The lowest BCUT2D eigenvalue weighted by Gasteiger charge is -2.03. The van der Waals surface area contributed by atoms with Gasteiger partial charge in [0, 0.05) is 17.5 Å². The number of nitrogens with one attached hydrogen (secondary N) is 1. The van der Waals surface area contributed by atoms with Gasteiger partial charge in [-0.05, 0) is 17.7 Å². The molecule has 1 heterocycles. The predicted molar refractivity (Wildman–Crippen MR) is 90.8 cm³/mol. The number of thiazole rings is 1. The third kappa shape index (κ3) is 3.53. The lowest BCUT2D eigenvalue weighted by molar-refractivity contribution is 0.102. The van der Waals surface area contributed by atoms with Crippen LogP contribution in [0.1, 0.15) is 20.8 Å². The van der Waals surface area contributed by atoms with Crippen LogP contribution in [0.15, 0.2) is 60.8 Å². The Morgan fingerprint density at radius 1 is 1.09 bits per heavy atom. The van der Waals surface area contributed by atoms with Gasteiger partial charge in [-0.25, -0.2) is 4.98 Å². The second-order valence-corrected chi connectivity index (χ2v) is 6.25. The number of anilines is 1. The van der Waals surface area contributed by atoms with Gasteiger partial charge in [0.1, 0.15) is 0 Å². The fourth-order valence-corrected chi connectivity index (χ4v) is 3.12. The number of hydrogen-bond acceptors (Lipinski definition) is 3. The molecule has 22 heavy (non-hydrogen) atoms. The summed E-state index contributed by atoms with van der Waals surface area (Å²) in [6.45, 7) is 0. The monoisotopic (exact) mass is 328 g/mol. The van der Waals surface area contributed by atoms with Crippen LogP contribution in [0.4, 0.5) is 5.13 Å². The van der Waals surface area contributed by atoms with Gasteiger partial charge >= 0.3 is 0 Å². The summed E-state index contributed by atoms with van der Waals surface area (Å²) in [5, 5.41) is 3.80. The average molecular weight is 329 g/mol. The van der Waals surface area contributed by atoms with E-state index in [4.69, 9.17) is 11.6 Å². The first-order valence-electron chi connectivity index (χ1n) is 6.77. The molecule has 1 aromatic heterocycles. The van der Waals surface area contributed by atoms with Crippen LogP contribution >= 0.6 is 22.9 Å². The highest BCUT2D eigenvalue weighted by Crippen LogP contribution is 2.23. The van der Waals surface area contributed by atoms with E-state index in [1.807, 2.05) is 18.2 Å². The van der Waals surface area contributed by atoms with E-state index >= 15 is 0 Å². The Morgan fingerprint density at radius 3 is 2.59 bits per heavy atom. The molecule has 0 radical (unpaired) electrons. The summed E-state index contributed by atoms with van der Waals surface area (Å²) in [6, 6.07) is 17.1. The number of carbonyl (C=O) groups is 1. The maximum Gasteiger partial charge on any atom is 0.258 e. The summed E-state index contributed by atoms with van der Waals surface area (Å²) in [5.74, 6) is -0.244. The molecule has 0 fully saturated rings. The summed E-state index contributed by atoms with van der Waals surface area (Å²) >= 11 is 7.49. The van der Waals surface area contributed by atoms with Crippen molar-refractivity contribution in [1.29, 1.82) is 0 Å². The Kier molecular flexibility index (Phi) is 4.51. The highest BCUT2D eigenvalue weighted by Gasteiger charge is 2.12. The van der Waals surface area contributed by atoms with Crippen LogP contribution in [0.3, 0.4) is 0 Å². The van der Waals surface area contributed by atoms with E-state index in [1.54, 1.807) is 30.5 Å². The van der Waals surface area contributed by atoms with Crippen molar-refractivity contribution >= 4 is 34.0 Å². The number of rotatable bonds is 4. The van der Waals surface area contributed by atoms with Gasteiger partial charge in [0.25, 0.3) is 5.91 Å². The first kappa shape index (κ1) is 14.8. The fourth-order valence-electron chi connectivity index (χ4n) is 2.05. The second kappa shape index (κ2) is 6.73. The predicted octanol–water partition coefficient (Wildman–Crippen LogP) is 4.64. The molecule has 3 nitrogen and oxygen atoms in total. The zero-order valence-corrected chi connectivity index (χ0v) is 13.2. The van der Waals surface area contributed by atoms with Crippen molar-refractivity contribution in [3.8, 4) is 0 Å². The van der Waals surface area contributed by atoms with Gasteiger partial charge in [0.15, 0.2) is 5.13 Å². The van der Waals surface area contributed by atoms with Crippen LogP contribution < -0.4 is 5.32 Å². The number of carbonyl (C=O) groups excluding carboxylic acids is 1. The Bertz CT molecular complexity index is 786. The molecule has 2 aromatic carbocycles. The van der Waals surface area contributed by atoms with Crippen molar-refractivity contribution in [3.63, 3.8) is 0 Å². The molecule has 0 aliphatic carbocycles. The molecule has 0 saturated carbocycles. The van der Waals surface area contributed by atoms with E-state index in [-0.39, 0.29) is 5.91 Å². The number of amides is 1. The van der Waals surface area contributed by atoms with Crippen LogP contribution in [-0.4, -0.2) is 10.9 Å². The molecule has 5 heteroatoms. The molecule has 0 unspecified atom stereocenters. The molecule has 3 rings (SSSR count). The largest absolute Gasteiger partial charge is 0.298 e. The molecule has 1 N–H and O–H groups in total. The van der Waals surface area contributed by atoms with Gasteiger partial charge in [-0.15, -0.1) is 11.3 Å². The van der Waals surface area contributed by atoms with Crippen LogP contribution in [-0.2, 0) is 6.42 Å². The SMILES string of the molecule is O=C(Nc1ncc(Cc2ccccc2)s1)c1ccccc1Cl. The van der Waals surface area contributed by atoms with Crippen molar-refractivity contribution in [2.75, 3.05) is 5.32 Å². The van der Waals surface area contributed by atoms with Gasteiger partial charge in [-0.2, -0.15) is 0 Å². The maximum atomic E-state index is 12.2. The molecule has 0 spiro atoms. The summed E-state index contributed by atoms with van der Waals surface area (Å²) < 4.78 is 0. The van der Waals surface area contributed by atoms with E-state index < -0.39 is 0 Å². The van der Waals surface area contributed by atoms with Gasteiger partial charge in [-0.3, -0.25) is 10.1 Å². The Labute approximate surface area is 137 Å². The third-order valence-corrected chi connectivity index (χ3v) is 4.36. The maximum absolute atomic E-state index is 12.2. The van der Waals surface area contributed by atoms with Gasteiger partial charge in [0.2, 0.25) is 0 Å². The normalized spacial score (nSPS) is 10.4. The van der Waals surface area contributed by atoms with Crippen molar-refractivity contribution in [1.82, 2.24) is 4.98 Å². The second-order valence-electron chi connectivity index (χ2n) is 4.73. The Balaban J connectivity index is 1.69. The lowest BCUT2D eigenvalue weighted by Crippen LogP contribution is -2.11. The molecule has 3 aromatic rings. The van der Waals surface area contributed by atoms with Crippen molar-refractivity contribution in [3.05, 3.63) is 81.8 Å². The van der Waals surface area contributed by atoms with E-state index in [0.717, 1.165) is 11.3 Å². The van der Waals surface area contributed by atoms with Crippen LogP contribution in [0, 0.1) is 0 Å². The molecule has 1 amide bonds. The van der Waals surface area contributed by atoms with E-state index in [0.29, 0.717) is 15.7 Å². The summed E-state index contributed by atoms with van der Waals surface area (Å²) in [7, 11) is 0. The third-order valence-electron chi connectivity index (χ3n) is 3.11. The highest BCUT2D eigenvalue weighted by molar-refractivity contribution is 7.15. The summed E-state index contributed by atoms with van der Waals surface area (Å²) in [6.07, 6.45) is 2.60. The van der Waals surface area contributed by atoms with Crippen LogP contribution in [0.25, 0.3) is 0 Å². The zero-order chi connectivity index (χ0) is 15.4. The van der Waals surface area contributed by atoms with Crippen molar-refractivity contribution < 1.29 is 4.79 Å². The summed E-state index contributed by atoms with van der Waals surface area (Å²) in [5.41, 5.74) is 1.67. The van der Waals surface area contributed by atoms with Crippen molar-refractivity contribution in [2.24, 2.45) is 0 Å². The molecular weight excluding hydrogens is 316 g/mol. The lowest BCUT2D eigenvalue weighted by atomic mass is 10.1. The first-order valence-corrected chi connectivity index (χ1v) is 7.96. The average Bonchev–Trinajstić information content (AvgIpc) is 2.95. The zero-order valence-electron chi connectivity index (χ0n) is 11.6. The Morgan fingerprint density at radius 2 is 1.82 bits per heavy atom. The van der Waals surface area contributed by atoms with Crippen LogP contribution in [0.2, 0.25) is 5.02 Å². The van der Waals surface area contributed by atoms with Gasteiger partial charge in [0.05, 0.1) is 10.6 Å². The fraction of sp³-hybridized carbons (Fsp3) is 0.0588. The smallest absolute Gasteiger partial charge is 0.258 e. The minimum Gasteiger partial charge on any atom is -0.298 e.